The summed E-state index contributed by atoms with van der Waals surface area (Å²) >= 11 is 0. The van der Waals surface area contributed by atoms with Gasteiger partial charge in [-0.05, 0) is 42.7 Å². The van der Waals surface area contributed by atoms with E-state index in [1.54, 1.807) is 0 Å². The number of benzene rings is 1. The number of hydrogen-bond acceptors (Lipinski definition) is 5. The molecule has 5 heteroatoms. The Morgan fingerprint density at radius 2 is 2.05 bits per heavy atom. The Kier molecular flexibility index (Phi) is 2.77. The highest BCUT2D eigenvalue weighted by atomic mass is 16.4. The lowest BCUT2D eigenvalue weighted by molar-refractivity contribution is 0.557. The van der Waals surface area contributed by atoms with Gasteiger partial charge in [0.2, 0.25) is 0 Å². The third kappa shape index (κ3) is 2.11. The van der Waals surface area contributed by atoms with Crippen molar-refractivity contribution >= 4 is 22.8 Å². The minimum absolute atomic E-state index is 0.304. The molecule has 1 atom stereocenters. The molecular weight excluding hydrogens is 264 g/mol. The van der Waals surface area contributed by atoms with Gasteiger partial charge in [-0.15, -0.1) is 0 Å². The molecule has 1 aliphatic rings. The molecule has 5 nitrogen and oxygen atoms in total. The number of oxazole rings is 1. The fraction of sp³-hybridized carbons (Fsp3) is 0.250. The van der Waals surface area contributed by atoms with Crippen LogP contribution in [0.2, 0.25) is 0 Å². The summed E-state index contributed by atoms with van der Waals surface area (Å²) in [4.78, 5) is 10.9. The number of rotatable bonds is 2. The summed E-state index contributed by atoms with van der Waals surface area (Å²) in [6.07, 6.45) is 5.90. The second kappa shape index (κ2) is 4.77. The van der Waals surface area contributed by atoms with Crippen LogP contribution in [-0.4, -0.2) is 16.5 Å². The third-order valence-corrected chi connectivity index (χ3v) is 3.99. The van der Waals surface area contributed by atoms with E-state index >= 15 is 0 Å². The SMILES string of the molecule is Nc1ccc2nc(N3CCCC3c3ccncc3)oc2c1. The zero-order valence-electron chi connectivity index (χ0n) is 11.6. The summed E-state index contributed by atoms with van der Waals surface area (Å²) in [6, 6.07) is 10.7. The molecule has 0 aliphatic carbocycles. The van der Waals surface area contributed by atoms with E-state index in [2.05, 4.69) is 27.0 Å². The van der Waals surface area contributed by atoms with E-state index in [-0.39, 0.29) is 0 Å². The zero-order valence-corrected chi connectivity index (χ0v) is 11.6. The Labute approximate surface area is 122 Å². The van der Waals surface area contributed by atoms with Crippen LogP contribution < -0.4 is 10.6 Å². The normalized spacial score (nSPS) is 18.5. The monoisotopic (exact) mass is 280 g/mol. The number of pyridine rings is 1. The molecule has 1 aliphatic heterocycles. The number of nitrogens with zero attached hydrogens (tertiary/aromatic N) is 3. The van der Waals surface area contributed by atoms with E-state index in [9.17, 15) is 0 Å². The van der Waals surface area contributed by atoms with Crippen molar-refractivity contribution in [2.24, 2.45) is 0 Å². The van der Waals surface area contributed by atoms with Gasteiger partial charge in [0.15, 0.2) is 5.58 Å². The number of anilines is 2. The van der Waals surface area contributed by atoms with Gasteiger partial charge in [-0.1, -0.05) is 0 Å². The summed E-state index contributed by atoms with van der Waals surface area (Å²) in [6.45, 7) is 0.954. The molecule has 2 aromatic heterocycles. The average molecular weight is 280 g/mol. The fourth-order valence-electron chi connectivity index (χ4n) is 2.98. The van der Waals surface area contributed by atoms with Gasteiger partial charge in [-0.2, -0.15) is 4.98 Å². The van der Waals surface area contributed by atoms with Crippen LogP contribution in [0.1, 0.15) is 24.4 Å². The van der Waals surface area contributed by atoms with Crippen molar-refractivity contribution in [3.63, 3.8) is 0 Å². The molecule has 21 heavy (non-hydrogen) atoms. The molecule has 1 aromatic carbocycles. The van der Waals surface area contributed by atoms with Crippen LogP contribution in [0.4, 0.5) is 11.7 Å². The highest BCUT2D eigenvalue weighted by molar-refractivity contribution is 5.78. The Hall–Kier alpha value is -2.56. The number of hydrogen-bond donors (Lipinski definition) is 1. The van der Waals surface area contributed by atoms with Gasteiger partial charge < -0.3 is 15.1 Å². The van der Waals surface area contributed by atoms with E-state index in [4.69, 9.17) is 10.2 Å². The maximum Gasteiger partial charge on any atom is 0.298 e. The molecule has 106 valence electrons. The van der Waals surface area contributed by atoms with Crippen molar-refractivity contribution in [3.05, 3.63) is 48.3 Å². The second-order valence-corrected chi connectivity index (χ2v) is 5.36. The van der Waals surface area contributed by atoms with Crippen LogP contribution >= 0.6 is 0 Å². The molecule has 0 spiro atoms. The molecule has 1 saturated heterocycles. The molecule has 0 radical (unpaired) electrons. The fourth-order valence-corrected chi connectivity index (χ4v) is 2.98. The second-order valence-electron chi connectivity index (χ2n) is 5.36. The Morgan fingerprint density at radius 1 is 1.19 bits per heavy atom. The number of aromatic nitrogens is 2. The molecule has 3 aromatic rings. The van der Waals surface area contributed by atoms with Gasteiger partial charge in [0.1, 0.15) is 5.52 Å². The summed E-state index contributed by atoms with van der Waals surface area (Å²) in [5, 5.41) is 0. The minimum atomic E-state index is 0.304. The number of nitrogens with two attached hydrogens (primary N) is 1. The van der Waals surface area contributed by atoms with Gasteiger partial charge in [0.05, 0.1) is 6.04 Å². The van der Waals surface area contributed by atoms with E-state index in [0.717, 1.165) is 30.5 Å². The summed E-state index contributed by atoms with van der Waals surface area (Å²) < 4.78 is 5.90. The third-order valence-electron chi connectivity index (χ3n) is 3.99. The lowest BCUT2D eigenvalue weighted by Gasteiger charge is -2.22. The van der Waals surface area contributed by atoms with Crippen molar-refractivity contribution in [2.75, 3.05) is 17.2 Å². The average Bonchev–Trinajstić information content (AvgIpc) is 3.13. The largest absolute Gasteiger partial charge is 0.423 e. The van der Waals surface area contributed by atoms with Crippen molar-refractivity contribution in [1.29, 1.82) is 0 Å². The summed E-state index contributed by atoms with van der Waals surface area (Å²) in [7, 11) is 0. The maximum absolute atomic E-state index is 5.90. The van der Waals surface area contributed by atoms with Gasteiger partial charge in [0, 0.05) is 30.7 Å². The van der Waals surface area contributed by atoms with Crippen molar-refractivity contribution in [1.82, 2.24) is 9.97 Å². The topological polar surface area (TPSA) is 68.2 Å². The van der Waals surface area contributed by atoms with Crippen LogP contribution in [0.25, 0.3) is 11.1 Å². The van der Waals surface area contributed by atoms with Crippen LogP contribution in [0.3, 0.4) is 0 Å². The molecule has 0 bridgehead atoms. The molecular formula is C16H16N4O. The first-order valence-corrected chi connectivity index (χ1v) is 7.14. The minimum Gasteiger partial charge on any atom is -0.423 e. The van der Waals surface area contributed by atoms with E-state index in [1.807, 2.05) is 30.6 Å². The zero-order chi connectivity index (χ0) is 14.2. The Morgan fingerprint density at radius 3 is 2.90 bits per heavy atom. The number of fused-ring (bicyclic) bond motifs is 1. The maximum atomic E-state index is 5.90. The molecule has 1 unspecified atom stereocenters. The lowest BCUT2D eigenvalue weighted by atomic mass is 10.1. The standard InChI is InChI=1S/C16H16N4O/c17-12-3-4-13-15(10-12)21-16(19-13)20-9-1-2-14(20)11-5-7-18-8-6-11/h3-8,10,14H,1-2,9,17H2. The van der Waals surface area contributed by atoms with Gasteiger partial charge >= 0.3 is 0 Å². The van der Waals surface area contributed by atoms with Gasteiger partial charge in [-0.3, -0.25) is 4.98 Å². The van der Waals surface area contributed by atoms with Crippen molar-refractivity contribution < 1.29 is 4.42 Å². The molecule has 2 N–H and O–H groups in total. The summed E-state index contributed by atoms with van der Waals surface area (Å²) in [5.74, 6) is 0. The van der Waals surface area contributed by atoms with E-state index in [0.29, 0.717) is 17.7 Å². The molecule has 1 fully saturated rings. The first-order chi connectivity index (χ1) is 10.3. The molecule has 3 heterocycles. The highest BCUT2D eigenvalue weighted by Crippen LogP contribution is 2.36. The predicted octanol–water partition coefficient (Wildman–Crippen LogP) is 3.15. The highest BCUT2D eigenvalue weighted by Gasteiger charge is 2.29. The number of nitrogen functional groups attached to an aromatic ring is 1. The van der Waals surface area contributed by atoms with Crippen molar-refractivity contribution in [3.8, 4) is 0 Å². The van der Waals surface area contributed by atoms with Crippen LogP contribution in [0.5, 0.6) is 0 Å². The molecule has 0 amide bonds. The molecule has 4 rings (SSSR count). The quantitative estimate of drug-likeness (QED) is 0.730. The first-order valence-electron chi connectivity index (χ1n) is 7.14. The Bertz CT molecular complexity index is 768. The predicted molar refractivity (Wildman–Crippen MR) is 82.0 cm³/mol. The van der Waals surface area contributed by atoms with Crippen LogP contribution in [0.15, 0.2) is 47.1 Å². The van der Waals surface area contributed by atoms with Gasteiger partial charge in [-0.25, -0.2) is 0 Å². The smallest absolute Gasteiger partial charge is 0.298 e. The van der Waals surface area contributed by atoms with Gasteiger partial charge in [0.25, 0.3) is 6.01 Å². The first kappa shape index (κ1) is 12.2. The van der Waals surface area contributed by atoms with Crippen LogP contribution in [-0.2, 0) is 0 Å². The molecule has 0 saturated carbocycles. The Balaban J connectivity index is 1.73. The van der Waals surface area contributed by atoms with Crippen LogP contribution in [0, 0.1) is 0 Å². The summed E-state index contributed by atoms with van der Waals surface area (Å²) in [5.41, 5.74) is 9.33. The van der Waals surface area contributed by atoms with Crippen molar-refractivity contribution in [2.45, 2.75) is 18.9 Å². The lowest BCUT2D eigenvalue weighted by Crippen LogP contribution is -2.22. The van der Waals surface area contributed by atoms with E-state index in [1.165, 1.54) is 5.56 Å². The van der Waals surface area contributed by atoms with E-state index < -0.39 is 0 Å².